The van der Waals surface area contributed by atoms with Gasteiger partial charge in [0, 0.05) is 18.0 Å². The minimum absolute atomic E-state index is 0.179. The molecule has 5 rings (SSSR count). The molecule has 0 spiro atoms. The van der Waals surface area contributed by atoms with Crippen molar-refractivity contribution in [1.82, 2.24) is 5.32 Å². The number of nitrogens with zero attached hydrogens (tertiary/aromatic N) is 1. The molecule has 2 aromatic carbocycles. The molecule has 2 nitrogen and oxygen atoms in total. The third-order valence-electron chi connectivity index (χ3n) is 7.85. The molecule has 40 heavy (non-hydrogen) atoms. The molecule has 1 heterocycles. The number of benzene rings is 2. The summed E-state index contributed by atoms with van der Waals surface area (Å²) in [6, 6.07) is 19.1. The minimum Gasteiger partial charge on any atom is -0.340 e. The fraction of sp³-hybridized carbons (Fsp3) is 0.184. The Hall–Kier alpha value is -4.43. The third-order valence-corrected chi connectivity index (χ3v) is 7.85. The van der Waals surface area contributed by atoms with E-state index in [0.29, 0.717) is 6.54 Å². The third kappa shape index (κ3) is 5.92. The van der Waals surface area contributed by atoms with E-state index < -0.39 is 0 Å². The summed E-state index contributed by atoms with van der Waals surface area (Å²) < 4.78 is 0. The van der Waals surface area contributed by atoms with Crippen molar-refractivity contribution in [2.24, 2.45) is 10.9 Å². The van der Waals surface area contributed by atoms with Crippen LogP contribution in [0.3, 0.4) is 0 Å². The van der Waals surface area contributed by atoms with E-state index in [4.69, 9.17) is 4.99 Å². The highest BCUT2D eigenvalue weighted by Gasteiger charge is 2.31. The largest absolute Gasteiger partial charge is 0.340 e. The maximum atomic E-state index is 5.03. The van der Waals surface area contributed by atoms with Gasteiger partial charge in [-0.2, -0.15) is 0 Å². The fourth-order valence-corrected chi connectivity index (χ4v) is 5.53. The summed E-state index contributed by atoms with van der Waals surface area (Å²) in [5.74, 6) is 1.03. The summed E-state index contributed by atoms with van der Waals surface area (Å²) >= 11 is 0. The first kappa shape index (κ1) is 27.1. The van der Waals surface area contributed by atoms with Crippen LogP contribution in [0.15, 0.2) is 167 Å². The van der Waals surface area contributed by atoms with Crippen molar-refractivity contribution in [1.29, 1.82) is 0 Å². The highest BCUT2D eigenvalue weighted by atomic mass is 15.0. The van der Waals surface area contributed by atoms with Crippen LogP contribution in [0.5, 0.6) is 0 Å². The lowest BCUT2D eigenvalue weighted by molar-refractivity contribution is 0.738. The van der Waals surface area contributed by atoms with Crippen molar-refractivity contribution in [2.75, 3.05) is 0 Å². The Morgan fingerprint density at radius 3 is 2.40 bits per heavy atom. The number of fused-ring (bicyclic) bond motifs is 1. The zero-order valence-corrected chi connectivity index (χ0v) is 23.8. The molecule has 2 heteroatoms. The highest BCUT2D eigenvalue weighted by molar-refractivity contribution is 6.01. The summed E-state index contributed by atoms with van der Waals surface area (Å²) in [5, 5.41) is 3.74. The van der Waals surface area contributed by atoms with Gasteiger partial charge in [0.2, 0.25) is 0 Å². The van der Waals surface area contributed by atoms with E-state index in [9.17, 15) is 0 Å². The average Bonchev–Trinajstić information content (AvgIpc) is 2.95. The van der Waals surface area contributed by atoms with Gasteiger partial charge in [0.1, 0.15) is 5.84 Å². The number of aliphatic imine (C=N–C) groups is 1. The van der Waals surface area contributed by atoms with Crippen LogP contribution in [0, 0.1) is 5.92 Å². The van der Waals surface area contributed by atoms with Gasteiger partial charge in [0.05, 0.1) is 6.54 Å². The fourth-order valence-electron chi connectivity index (χ4n) is 5.53. The lowest BCUT2D eigenvalue weighted by atomic mass is 9.75. The first-order valence-electron chi connectivity index (χ1n) is 14.0. The van der Waals surface area contributed by atoms with Crippen molar-refractivity contribution in [3.05, 3.63) is 167 Å². The predicted molar refractivity (Wildman–Crippen MR) is 172 cm³/mol. The summed E-state index contributed by atoms with van der Waals surface area (Å²) in [5.41, 5.74) is 14.3. The molecule has 0 saturated heterocycles. The molecule has 1 N–H and O–H groups in total. The maximum absolute atomic E-state index is 5.03. The monoisotopic (exact) mass is 522 g/mol. The van der Waals surface area contributed by atoms with E-state index in [-0.39, 0.29) is 5.92 Å². The van der Waals surface area contributed by atoms with Crippen LogP contribution in [0.1, 0.15) is 38.7 Å². The Labute approximate surface area is 239 Å². The predicted octanol–water partition coefficient (Wildman–Crippen LogP) is 9.52. The van der Waals surface area contributed by atoms with E-state index in [1.807, 2.05) is 19.1 Å². The Bertz CT molecular complexity index is 1560. The van der Waals surface area contributed by atoms with Crippen LogP contribution in [-0.2, 0) is 6.54 Å². The standard InChI is InChI=1S/C38H38N2/c1-25(2)11-10-14-34-29(6)27(4)22-33-21-26(3)15-20-35(33)36-23-28(5)38(40-37(34)36)39-24-30-16-18-32(19-17-30)31-12-8-7-9-13-31/h7-20,29H,1,3-5,21-24H2,2,6H3,(H,39,40). The number of amidine groups is 1. The van der Waals surface area contributed by atoms with Crippen molar-refractivity contribution in [3.63, 3.8) is 0 Å². The zero-order valence-electron chi connectivity index (χ0n) is 23.8. The molecule has 0 aromatic heterocycles. The molecular weight excluding hydrogens is 484 g/mol. The van der Waals surface area contributed by atoms with E-state index >= 15 is 0 Å². The molecule has 1 unspecified atom stereocenters. The second-order valence-corrected chi connectivity index (χ2v) is 11.1. The summed E-state index contributed by atoms with van der Waals surface area (Å²) in [6.07, 6.45) is 13.2. The molecule has 0 amide bonds. The molecule has 1 aliphatic heterocycles. The van der Waals surface area contributed by atoms with Crippen molar-refractivity contribution in [3.8, 4) is 11.1 Å². The summed E-state index contributed by atoms with van der Waals surface area (Å²) in [6.45, 7) is 22.1. The smallest absolute Gasteiger partial charge is 0.128 e. The van der Waals surface area contributed by atoms with E-state index in [1.165, 1.54) is 44.6 Å². The van der Waals surface area contributed by atoms with Crippen molar-refractivity contribution < 1.29 is 0 Å². The number of hydrogen-bond acceptors (Lipinski definition) is 1. The normalized spacial score (nSPS) is 21.4. The van der Waals surface area contributed by atoms with Gasteiger partial charge in [0.15, 0.2) is 0 Å². The number of hydrogen-bond donors (Lipinski definition) is 1. The van der Waals surface area contributed by atoms with Gasteiger partial charge in [-0.05, 0) is 58.7 Å². The van der Waals surface area contributed by atoms with Gasteiger partial charge in [-0.25, -0.2) is 0 Å². The van der Waals surface area contributed by atoms with Crippen LogP contribution in [0.4, 0.5) is 0 Å². The molecule has 200 valence electrons. The van der Waals surface area contributed by atoms with E-state index in [2.05, 4.69) is 111 Å². The van der Waals surface area contributed by atoms with E-state index in [0.717, 1.165) is 47.5 Å². The van der Waals surface area contributed by atoms with Gasteiger partial charge in [0.25, 0.3) is 0 Å². The van der Waals surface area contributed by atoms with Gasteiger partial charge >= 0.3 is 0 Å². The van der Waals surface area contributed by atoms with Crippen LogP contribution in [0.2, 0.25) is 0 Å². The average molecular weight is 523 g/mol. The molecule has 0 bridgehead atoms. The van der Waals surface area contributed by atoms with Crippen LogP contribution < -0.4 is 5.32 Å². The molecule has 0 radical (unpaired) electrons. The Morgan fingerprint density at radius 2 is 1.68 bits per heavy atom. The van der Waals surface area contributed by atoms with Crippen LogP contribution >= 0.6 is 0 Å². The topological polar surface area (TPSA) is 24.4 Å². The molecule has 3 aliphatic rings. The second-order valence-electron chi connectivity index (χ2n) is 11.1. The van der Waals surface area contributed by atoms with Gasteiger partial charge in [-0.15, -0.1) is 0 Å². The first-order chi connectivity index (χ1) is 19.3. The Balaban J connectivity index is 1.51. The van der Waals surface area contributed by atoms with Gasteiger partial charge in [-0.1, -0.05) is 141 Å². The maximum Gasteiger partial charge on any atom is 0.128 e. The molecule has 2 aromatic rings. The zero-order chi connectivity index (χ0) is 28.2. The first-order valence-corrected chi connectivity index (χ1v) is 14.0. The molecule has 0 fully saturated rings. The number of rotatable bonds is 5. The summed E-state index contributed by atoms with van der Waals surface area (Å²) in [7, 11) is 0. The summed E-state index contributed by atoms with van der Waals surface area (Å²) in [4.78, 5) is 5.03. The molecule has 1 atom stereocenters. The molecular formula is C38H38N2. The van der Waals surface area contributed by atoms with E-state index in [1.54, 1.807) is 0 Å². The minimum atomic E-state index is 0.179. The Kier molecular flexibility index (Phi) is 7.98. The van der Waals surface area contributed by atoms with Gasteiger partial charge < -0.3 is 5.32 Å². The molecule has 0 saturated carbocycles. The number of nitrogens with one attached hydrogen (secondary N) is 1. The number of allylic oxidation sites excluding steroid dienone is 12. The van der Waals surface area contributed by atoms with Crippen molar-refractivity contribution >= 4 is 5.84 Å². The Morgan fingerprint density at radius 1 is 0.950 bits per heavy atom. The lowest BCUT2D eigenvalue weighted by Crippen LogP contribution is -2.34. The van der Waals surface area contributed by atoms with Gasteiger partial charge in [-0.3, -0.25) is 4.99 Å². The van der Waals surface area contributed by atoms with Crippen LogP contribution in [-0.4, -0.2) is 5.84 Å². The highest BCUT2D eigenvalue weighted by Crippen LogP contribution is 2.43. The lowest BCUT2D eigenvalue weighted by Gasteiger charge is -2.35. The van der Waals surface area contributed by atoms with Crippen LogP contribution in [0.25, 0.3) is 11.1 Å². The quantitative estimate of drug-likeness (QED) is 0.307. The molecule has 2 aliphatic carbocycles. The van der Waals surface area contributed by atoms with Crippen molar-refractivity contribution in [2.45, 2.75) is 39.7 Å². The SMILES string of the molecule is C=C(C)C=CC=C1C2=C(CC(=C)C(=NCc3ccc(-c4ccccc4)cc3)N2)C2=C(CC(=C)C=C2)CC(=C)C1C. The second kappa shape index (κ2) is 11.8.